The van der Waals surface area contributed by atoms with Crippen LogP contribution >= 0.6 is 35.6 Å². The summed E-state index contributed by atoms with van der Waals surface area (Å²) in [4.78, 5) is 4.16. The maximum Gasteiger partial charge on any atom is 0.190 e. The molecule has 2 N–H and O–H groups in total. The van der Waals surface area contributed by atoms with Crippen LogP contribution in [-0.4, -0.2) is 39.8 Å². The normalized spacial score (nSPS) is 10.8. The average molecular weight is 412 g/mol. The zero-order valence-corrected chi connectivity index (χ0v) is 15.1. The highest BCUT2D eigenvalue weighted by Gasteiger charge is 1.98. The first-order valence-electron chi connectivity index (χ1n) is 6.44. The summed E-state index contributed by atoms with van der Waals surface area (Å²) in [6.07, 6.45) is 1.88. The van der Waals surface area contributed by atoms with Gasteiger partial charge in [-0.25, -0.2) is 0 Å². The summed E-state index contributed by atoms with van der Waals surface area (Å²) in [5, 5.41) is 7.28. The summed E-state index contributed by atoms with van der Waals surface area (Å²) in [7, 11) is 3.48. The maximum atomic E-state index is 5.94. The van der Waals surface area contributed by atoms with Crippen LogP contribution in [0.3, 0.4) is 0 Å². The summed E-state index contributed by atoms with van der Waals surface area (Å²) in [6, 6.07) is 7.91. The van der Waals surface area contributed by atoms with E-state index in [1.165, 1.54) is 5.56 Å². The van der Waals surface area contributed by atoms with Crippen molar-refractivity contribution in [3.8, 4) is 0 Å². The molecule has 20 heavy (non-hydrogen) atoms. The number of nitrogens with zero attached hydrogens (tertiary/aromatic N) is 1. The van der Waals surface area contributed by atoms with Crippen LogP contribution in [-0.2, 0) is 11.2 Å². The first-order valence-corrected chi connectivity index (χ1v) is 6.82. The lowest BCUT2D eigenvalue weighted by Crippen LogP contribution is -2.38. The molecule has 0 aliphatic heterocycles. The number of aliphatic imine (C=N–C) groups is 1. The Bertz CT molecular complexity index is 402. The molecule has 0 aliphatic carbocycles. The highest BCUT2D eigenvalue weighted by Crippen LogP contribution is 2.10. The van der Waals surface area contributed by atoms with Gasteiger partial charge in [0.2, 0.25) is 0 Å². The van der Waals surface area contributed by atoms with E-state index < -0.39 is 0 Å². The van der Waals surface area contributed by atoms with Crippen molar-refractivity contribution in [1.29, 1.82) is 0 Å². The van der Waals surface area contributed by atoms with Crippen LogP contribution in [0.15, 0.2) is 29.3 Å². The fraction of sp³-hybridized carbons (Fsp3) is 0.500. The maximum absolute atomic E-state index is 5.94. The Labute approximate surface area is 143 Å². The van der Waals surface area contributed by atoms with Crippen molar-refractivity contribution in [2.24, 2.45) is 4.99 Å². The topological polar surface area (TPSA) is 45.7 Å². The van der Waals surface area contributed by atoms with Gasteiger partial charge in [-0.3, -0.25) is 4.99 Å². The van der Waals surface area contributed by atoms with Gasteiger partial charge in [0.05, 0.1) is 0 Å². The van der Waals surface area contributed by atoms with Crippen molar-refractivity contribution in [1.82, 2.24) is 10.6 Å². The third-order valence-electron chi connectivity index (χ3n) is 2.64. The van der Waals surface area contributed by atoms with E-state index in [2.05, 4.69) is 21.7 Å². The molecular weight excluding hydrogens is 389 g/mol. The summed E-state index contributed by atoms with van der Waals surface area (Å²) in [5.41, 5.74) is 1.22. The second-order valence-electron chi connectivity index (χ2n) is 4.15. The minimum absolute atomic E-state index is 0. The number of nitrogens with one attached hydrogen (secondary N) is 2. The van der Waals surface area contributed by atoms with E-state index in [0.717, 1.165) is 43.5 Å². The van der Waals surface area contributed by atoms with Crippen LogP contribution in [0.4, 0.5) is 0 Å². The predicted octanol–water partition coefficient (Wildman–Crippen LogP) is 2.70. The zero-order valence-electron chi connectivity index (χ0n) is 12.0. The molecule has 0 atom stereocenters. The number of halogens is 2. The molecule has 0 spiro atoms. The zero-order chi connectivity index (χ0) is 13.9. The molecule has 0 amide bonds. The van der Waals surface area contributed by atoms with Crippen molar-refractivity contribution < 1.29 is 4.74 Å². The van der Waals surface area contributed by atoms with Crippen LogP contribution in [0, 0.1) is 0 Å². The molecule has 0 bridgehead atoms. The largest absolute Gasteiger partial charge is 0.385 e. The lowest BCUT2D eigenvalue weighted by molar-refractivity contribution is 0.195. The first-order chi connectivity index (χ1) is 9.26. The minimum atomic E-state index is 0. The molecule has 4 nitrogen and oxygen atoms in total. The van der Waals surface area contributed by atoms with E-state index in [4.69, 9.17) is 16.3 Å². The fourth-order valence-corrected chi connectivity index (χ4v) is 1.87. The van der Waals surface area contributed by atoms with E-state index in [1.807, 2.05) is 18.2 Å². The Kier molecular flexibility index (Phi) is 11.9. The van der Waals surface area contributed by atoms with Gasteiger partial charge in [-0.05, 0) is 30.5 Å². The third-order valence-corrected chi connectivity index (χ3v) is 2.87. The number of hydrogen-bond acceptors (Lipinski definition) is 2. The summed E-state index contributed by atoms with van der Waals surface area (Å²) in [5.74, 6) is 0.818. The summed E-state index contributed by atoms with van der Waals surface area (Å²) in [6.45, 7) is 2.43. The van der Waals surface area contributed by atoms with Gasteiger partial charge in [-0.15, -0.1) is 24.0 Å². The van der Waals surface area contributed by atoms with Crippen molar-refractivity contribution >= 4 is 41.5 Å². The molecule has 6 heteroatoms. The van der Waals surface area contributed by atoms with Gasteiger partial charge >= 0.3 is 0 Å². The predicted molar refractivity (Wildman–Crippen MR) is 96.4 cm³/mol. The highest BCUT2D eigenvalue weighted by atomic mass is 127. The van der Waals surface area contributed by atoms with Crippen LogP contribution < -0.4 is 10.6 Å². The quantitative estimate of drug-likeness (QED) is 0.314. The van der Waals surface area contributed by atoms with Crippen LogP contribution in [0.2, 0.25) is 5.02 Å². The standard InChI is InChI=1S/C14H22ClN3O.HI/c1-16-14(17-8-4-10-19-2)18-9-7-12-5-3-6-13(15)11-12;/h3,5-6,11H,4,7-10H2,1-2H3,(H2,16,17,18);1H. The smallest absolute Gasteiger partial charge is 0.190 e. The van der Waals surface area contributed by atoms with Gasteiger partial charge in [0.1, 0.15) is 0 Å². The van der Waals surface area contributed by atoms with Crippen LogP contribution in [0.5, 0.6) is 0 Å². The van der Waals surface area contributed by atoms with Gasteiger partial charge in [0.15, 0.2) is 5.96 Å². The van der Waals surface area contributed by atoms with E-state index in [-0.39, 0.29) is 24.0 Å². The first kappa shape index (κ1) is 19.5. The number of ether oxygens (including phenoxy) is 1. The SMILES string of the molecule is CN=C(NCCCOC)NCCc1cccc(Cl)c1.I. The number of benzene rings is 1. The second kappa shape index (κ2) is 12.2. The molecule has 0 fully saturated rings. The van der Waals surface area contributed by atoms with E-state index in [1.54, 1.807) is 14.2 Å². The average Bonchev–Trinajstić information content (AvgIpc) is 2.41. The monoisotopic (exact) mass is 411 g/mol. The lowest BCUT2D eigenvalue weighted by Gasteiger charge is -2.11. The number of hydrogen-bond donors (Lipinski definition) is 2. The lowest BCUT2D eigenvalue weighted by atomic mass is 10.1. The summed E-state index contributed by atoms with van der Waals surface area (Å²) >= 11 is 5.94. The molecule has 0 radical (unpaired) electrons. The van der Waals surface area contributed by atoms with Crippen molar-refractivity contribution in [2.45, 2.75) is 12.8 Å². The van der Waals surface area contributed by atoms with Crippen molar-refractivity contribution in [3.63, 3.8) is 0 Å². The molecule has 1 rings (SSSR count). The Morgan fingerprint density at radius 3 is 2.70 bits per heavy atom. The van der Waals surface area contributed by atoms with E-state index >= 15 is 0 Å². The summed E-state index contributed by atoms with van der Waals surface area (Å²) < 4.78 is 4.99. The van der Waals surface area contributed by atoms with Crippen LogP contribution in [0.1, 0.15) is 12.0 Å². The van der Waals surface area contributed by atoms with Crippen molar-refractivity contribution in [3.05, 3.63) is 34.9 Å². The van der Waals surface area contributed by atoms with Gasteiger partial charge < -0.3 is 15.4 Å². The molecule has 0 saturated carbocycles. The third kappa shape index (κ3) is 8.60. The Morgan fingerprint density at radius 2 is 2.05 bits per heavy atom. The number of methoxy groups -OCH3 is 1. The number of guanidine groups is 1. The van der Waals surface area contributed by atoms with Crippen molar-refractivity contribution in [2.75, 3.05) is 33.9 Å². The Morgan fingerprint density at radius 1 is 1.30 bits per heavy atom. The molecule has 1 aromatic rings. The fourth-order valence-electron chi connectivity index (χ4n) is 1.66. The molecule has 0 aliphatic rings. The Balaban J connectivity index is 0.00000361. The van der Waals surface area contributed by atoms with Gasteiger partial charge in [0.25, 0.3) is 0 Å². The highest BCUT2D eigenvalue weighted by molar-refractivity contribution is 14.0. The van der Waals surface area contributed by atoms with E-state index in [0.29, 0.717) is 0 Å². The second-order valence-corrected chi connectivity index (χ2v) is 4.59. The van der Waals surface area contributed by atoms with Crippen LogP contribution in [0.25, 0.3) is 0 Å². The van der Waals surface area contributed by atoms with E-state index in [9.17, 15) is 0 Å². The molecule has 0 unspecified atom stereocenters. The molecule has 1 aromatic carbocycles. The Hall–Kier alpha value is -0.530. The molecular formula is C14H23ClIN3O. The minimum Gasteiger partial charge on any atom is -0.385 e. The molecule has 0 heterocycles. The number of rotatable bonds is 7. The molecule has 0 aromatic heterocycles. The van der Waals surface area contributed by atoms with Gasteiger partial charge in [0, 0.05) is 38.9 Å². The van der Waals surface area contributed by atoms with Gasteiger partial charge in [-0.1, -0.05) is 23.7 Å². The molecule has 0 saturated heterocycles. The molecule has 114 valence electrons. The van der Waals surface area contributed by atoms with Gasteiger partial charge in [-0.2, -0.15) is 0 Å².